The summed E-state index contributed by atoms with van der Waals surface area (Å²) in [5.41, 5.74) is 3.13. The summed E-state index contributed by atoms with van der Waals surface area (Å²) in [4.78, 5) is 37.5. The molecule has 0 aliphatic carbocycles. The number of hydrogen-bond donors (Lipinski definition) is 1. The van der Waals surface area contributed by atoms with Crippen LogP contribution in [0.2, 0.25) is 0 Å². The topological polar surface area (TPSA) is 108 Å². The molecular formula is C25H25N5O4. The van der Waals surface area contributed by atoms with Gasteiger partial charge in [-0.3, -0.25) is 9.59 Å². The molecular weight excluding hydrogens is 434 g/mol. The van der Waals surface area contributed by atoms with Crippen LogP contribution in [0, 0.1) is 13.8 Å². The number of fused-ring (bicyclic) bond motifs is 1. The number of anilines is 1. The number of para-hydroxylation sites is 1. The van der Waals surface area contributed by atoms with Crippen LogP contribution in [0.3, 0.4) is 0 Å². The molecule has 0 bridgehead atoms. The summed E-state index contributed by atoms with van der Waals surface area (Å²) in [5.74, 6) is -0.762. The molecule has 0 aliphatic rings. The third kappa shape index (κ3) is 4.59. The fourth-order valence-electron chi connectivity index (χ4n) is 3.83. The number of nitrogens with zero attached hydrogens (tertiary/aromatic N) is 4. The largest absolute Gasteiger partial charge is 0.462 e. The Balaban J connectivity index is 1.52. The van der Waals surface area contributed by atoms with Crippen LogP contribution in [0.5, 0.6) is 0 Å². The van der Waals surface area contributed by atoms with Gasteiger partial charge < -0.3 is 10.1 Å². The second-order valence-electron chi connectivity index (χ2n) is 7.77. The molecule has 0 atom stereocenters. The van der Waals surface area contributed by atoms with E-state index >= 15 is 0 Å². The first kappa shape index (κ1) is 22.9. The molecule has 0 radical (unpaired) electrons. The van der Waals surface area contributed by atoms with Gasteiger partial charge in [-0.15, -0.1) is 0 Å². The molecule has 0 spiro atoms. The molecule has 2 aromatic carbocycles. The first-order valence-electron chi connectivity index (χ1n) is 11.0. The Hall–Kier alpha value is -4.27. The van der Waals surface area contributed by atoms with Crippen LogP contribution in [0.15, 0.2) is 59.4 Å². The van der Waals surface area contributed by atoms with Crippen molar-refractivity contribution >= 4 is 28.5 Å². The normalized spacial score (nSPS) is 10.9. The molecule has 4 aromatic rings. The highest BCUT2D eigenvalue weighted by molar-refractivity contribution is 5.94. The summed E-state index contributed by atoms with van der Waals surface area (Å²) >= 11 is 0. The zero-order valence-electron chi connectivity index (χ0n) is 19.2. The lowest BCUT2D eigenvalue weighted by atomic mass is 10.2. The lowest BCUT2D eigenvalue weighted by molar-refractivity contribution is -0.116. The summed E-state index contributed by atoms with van der Waals surface area (Å²) in [5, 5.41) is 12.4. The Bertz CT molecular complexity index is 1420. The standard InChI is InChI=1S/C25H25N5O4/c1-4-34-25(33)18-9-8-10-19(15-18)26-21(31)13-14-29-24(32)23-22(16(2)27-29)17(3)30(28-23)20-11-6-5-7-12-20/h5-12,15H,4,13-14H2,1-3H3,(H,26,31). The average molecular weight is 460 g/mol. The Morgan fingerprint density at radius 2 is 1.79 bits per heavy atom. The highest BCUT2D eigenvalue weighted by Crippen LogP contribution is 2.21. The van der Waals surface area contributed by atoms with E-state index in [9.17, 15) is 14.4 Å². The molecule has 0 saturated carbocycles. The summed E-state index contributed by atoms with van der Waals surface area (Å²) < 4.78 is 7.99. The maximum atomic E-state index is 13.1. The maximum Gasteiger partial charge on any atom is 0.338 e. The lowest BCUT2D eigenvalue weighted by Crippen LogP contribution is -2.26. The van der Waals surface area contributed by atoms with Gasteiger partial charge in [-0.25, -0.2) is 14.2 Å². The maximum absolute atomic E-state index is 13.1. The molecule has 9 nitrogen and oxygen atoms in total. The predicted molar refractivity (Wildman–Crippen MR) is 128 cm³/mol. The second-order valence-corrected chi connectivity index (χ2v) is 7.77. The quantitative estimate of drug-likeness (QED) is 0.425. The Labute approximate surface area is 196 Å². The van der Waals surface area contributed by atoms with Crippen molar-refractivity contribution in [3.05, 3.63) is 81.9 Å². The average Bonchev–Trinajstić information content (AvgIpc) is 3.19. The monoisotopic (exact) mass is 459 g/mol. The van der Waals surface area contributed by atoms with Gasteiger partial charge in [0.05, 0.1) is 41.2 Å². The fraction of sp³-hybridized carbons (Fsp3) is 0.240. The minimum atomic E-state index is -0.455. The van der Waals surface area contributed by atoms with Crippen molar-refractivity contribution in [1.82, 2.24) is 19.6 Å². The summed E-state index contributed by atoms with van der Waals surface area (Å²) in [6.45, 7) is 5.81. The van der Waals surface area contributed by atoms with E-state index in [0.717, 1.165) is 11.4 Å². The molecule has 4 rings (SSSR count). The highest BCUT2D eigenvalue weighted by atomic mass is 16.5. The first-order chi connectivity index (χ1) is 16.4. The van der Waals surface area contributed by atoms with Crippen LogP contribution in [0.25, 0.3) is 16.6 Å². The third-order valence-electron chi connectivity index (χ3n) is 5.39. The van der Waals surface area contributed by atoms with Gasteiger partial charge in [0.1, 0.15) is 0 Å². The minimum Gasteiger partial charge on any atom is -0.462 e. The molecule has 1 amide bonds. The summed E-state index contributed by atoms with van der Waals surface area (Å²) in [7, 11) is 0. The van der Waals surface area contributed by atoms with Gasteiger partial charge in [0.2, 0.25) is 5.91 Å². The number of hydrogen-bond acceptors (Lipinski definition) is 6. The second kappa shape index (κ2) is 9.70. The number of rotatable bonds is 7. The van der Waals surface area contributed by atoms with Gasteiger partial charge in [0.15, 0.2) is 5.52 Å². The SMILES string of the molecule is CCOC(=O)c1cccc(NC(=O)CCn2nc(C)c3c(C)n(-c4ccccc4)nc3c2=O)c1. The van der Waals surface area contributed by atoms with Crippen LogP contribution in [0.4, 0.5) is 5.69 Å². The van der Waals surface area contributed by atoms with Gasteiger partial charge in [0.25, 0.3) is 5.56 Å². The van der Waals surface area contributed by atoms with Crippen LogP contribution >= 0.6 is 0 Å². The smallest absolute Gasteiger partial charge is 0.338 e. The van der Waals surface area contributed by atoms with Crippen molar-refractivity contribution in [1.29, 1.82) is 0 Å². The number of aryl methyl sites for hydroxylation is 3. The Kier molecular flexibility index (Phi) is 6.53. The van der Waals surface area contributed by atoms with E-state index in [0.29, 0.717) is 27.8 Å². The van der Waals surface area contributed by atoms with E-state index in [2.05, 4.69) is 15.5 Å². The van der Waals surface area contributed by atoms with Gasteiger partial charge in [0, 0.05) is 12.1 Å². The zero-order chi connectivity index (χ0) is 24.2. The van der Waals surface area contributed by atoms with Crippen molar-refractivity contribution < 1.29 is 14.3 Å². The van der Waals surface area contributed by atoms with Gasteiger partial charge >= 0.3 is 5.97 Å². The van der Waals surface area contributed by atoms with Crippen molar-refractivity contribution in [2.24, 2.45) is 0 Å². The molecule has 0 fully saturated rings. The number of ether oxygens (including phenoxy) is 1. The van der Waals surface area contributed by atoms with Crippen LogP contribution < -0.4 is 10.9 Å². The molecule has 2 heterocycles. The molecule has 0 unspecified atom stereocenters. The number of carbonyl (C=O) groups is 2. The predicted octanol–water partition coefficient (Wildman–Crippen LogP) is 3.40. The zero-order valence-corrected chi connectivity index (χ0v) is 19.2. The van der Waals surface area contributed by atoms with Crippen molar-refractivity contribution in [2.45, 2.75) is 33.7 Å². The van der Waals surface area contributed by atoms with E-state index < -0.39 is 5.97 Å². The highest BCUT2D eigenvalue weighted by Gasteiger charge is 2.18. The van der Waals surface area contributed by atoms with Crippen LogP contribution in [-0.4, -0.2) is 38.0 Å². The fourth-order valence-corrected chi connectivity index (χ4v) is 3.83. The molecule has 2 aromatic heterocycles. The molecule has 34 heavy (non-hydrogen) atoms. The third-order valence-corrected chi connectivity index (χ3v) is 5.39. The van der Waals surface area contributed by atoms with E-state index in [1.54, 1.807) is 35.9 Å². The van der Waals surface area contributed by atoms with Crippen molar-refractivity contribution in [3.63, 3.8) is 0 Å². The van der Waals surface area contributed by atoms with E-state index in [4.69, 9.17) is 4.74 Å². The first-order valence-corrected chi connectivity index (χ1v) is 11.0. The van der Waals surface area contributed by atoms with Crippen LogP contribution in [0.1, 0.15) is 35.1 Å². The molecule has 174 valence electrons. The number of benzene rings is 2. The number of amides is 1. The van der Waals surface area contributed by atoms with E-state index in [1.165, 1.54) is 4.68 Å². The molecule has 0 saturated heterocycles. The summed E-state index contributed by atoms with van der Waals surface area (Å²) in [6, 6.07) is 16.1. The Morgan fingerprint density at radius 3 is 2.53 bits per heavy atom. The molecule has 9 heteroatoms. The Morgan fingerprint density at radius 1 is 1.03 bits per heavy atom. The number of carbonyl (C=O) groups excluding carboxylic acids is 2. The minimum absolute atomic E-state index is 0.0276. The lowest BCUT2D eigenvalue weighted by Gasteiger charge is -2.09. The van der Waals surface area contributed by atoms with Crippen LogP contribution in [-0.2, 0) is 16.1 Å². The number of aromatic nitrogens is 4. The van der Waals surface area contributed by atoms with Gasteiger partial charge in [-0.2, -0.15) is 10.2 Å². The summed E-state index contributed by atoms with van der Waals surface area (Å²) in [6.07, 6.45) is 0.0276. The number of esters is 1. The van der Waals surface area contributed by atoms with Gasteiger partial charge in [-0.1, -0.05) is 24.3 Å². The molecule has 0 aliphatic heterocycles. The van der Waals surface area contributed by atoms with Crippen molar-refractivity contribution in [2.75, 3.05) is 11.9 Å². The number of nitrogens with one attached hydrogen (secondary N) is 1. The van der Waals surface area contributed by atoms with Crippen molar-refractivity contribution in [3.8, 4) is 5.69 Å². The van der Waals surface area contributed by atoms with Gasteiger partial charge in [-0.05, 0) is 51.1 Å². The molecule has 1 N–H and O–H groups in total. The van der Waals surface area contributed by atoms with E-state index in [1.807, 2.05) is 44.2 Å². The van der Waals surface area contributed by atoms with E-state index in [-0.39, 0.29) is 31.0 Å².